The van der Waals surface area contributed by atoms with Gasteiger partial charge in [-0.3, -0.25) is 9.59 Å². The van der Waals surface area contributed by atoms with Gasteiger partial charge in [0.1, 0.15) is 0 Å². The maximum atomic E-state index is 11.3. The molecule has 2 aromatic rings. The predicted octanol–water partition coefficient (Wildman–Crippen LogP) is 2.29. The highest BCUT2D eigenvalue weighted by Crippen LogP contribution is 2.11. The largest absolute Gasteiger partial charge is 0.475 e. The van der Waals surface area contributed by atoms with Crippen LogP contribution in [-0.4, -0.2) is 27.6 Å². The summed E-state index contributed by atoms with van der Waals surface area (Å²) < 4.78 is 0. The van der Waals surface area contributed by atoms with Gasteiger partial charge in [0.25, 0.3) is 0 Å². The van der Waals surface area contributed by atoms with Crippen LogP contribution in [-0.2, 0) is 9.59 Å². The Hall–Kier alpha value is -2.25. The van der Waals surface area contributed by atoms with Crippen LogP contribution in [0.2, 0.25) is 5.02 Å². The van der Waals surface area contributed by atoms with Crippen molar-refractivity contribution in [1.82, 2.24) is 4.98 Å². The summed E-state index contributed by atoms with van der Waals surface area (Å²) in [5.41, 5.74) is 5.46. The lowest BCUT2D eigenvalue weighted by atomic mass is 10.1. The second-order valence-electron chi connectivity index (χ2n) is 3.71. The van der Waals surface area contributed by atoms with Crippen LogP contribution in [0.5, 0.6) is 0 Å². The average molecular weight is 327 g/mol. The number of carboxylic acid groups (broad SMARTS) is 1. The zero-order valence-electron chi connectivity index (χ0n) is 10.7. The van der Waals surface area contributed by atoms with Crippen molar-refractivity contribution in [2.24, 2.45) is 0 Å². The summed E-state index contributed by atoms with van der Waals surface area (Å²) in [6.45, 7) is 0. The molecule has 0 unspecified atom stereocenters. The van der Waals surface area contributed by atoms with E-state index < -0.39 is 24.0 Å². The van der Waals surface area contributed by atoms with Gasteiger partial charge in [-0.2, -0.15) is 0 Å². The van der Waals surface area contributed by atoms with E-state index in [-0.39, 0.29) is 5.56 Å². The average Bonchev–Trinajstić information content (AvgIpc) is 2.91. The first kappa shape index (κ1) is 16.8. The van der Waals surface area contributed by atoms with Gasteiger partial charge in [0.2, 0.25) is 5.78 Å². The van der Waals surface area contributed by atoms with Crippen LogP contribution >= 0.6 is 22.9 Å². The van der Waals surface area contributed by atoms with E-state index >= 15 is 0 Å². The van der Waals surface area contributed by atoms with Gasteiger partial charge in [-0.05, 0) is 24.3 Å². The Kier molecular flexibility index (Phi) is 6.51. The number of hydrogen-bond acceptors (Lipinski definition) is 6. The van der Waals surface area contributed by atoms with Crippen molar-refractivity contribution >= 4 is 45.6 Å². The maximum absolute atomic E-state index is 11.3. The third kappa shape index (κ3) is 6.15. The fourth-order valence-corrected chi connectivity index (χ4v) is 1.70. The molecule has 2 rings (SSSR count). The lowest BCUT2D eigenvalue weighted by Crippen LogP contribution is -2.17. The van der Waals surface area contributed by atoms with Crippen LogP contribution in [0, 0.1) is 0 Å². The Bertz CT molecular complexity index is 626. The van der Waals surface area contributed by atoms with E-state index in [1.807, 2.05) is 5.38 Å². The number of nitrogen functional groups attached to an aromatic ring is 1. The molecule has 0 saturated heterocycles. The van der Waals surface area contributed by atoms with Gasteiger partial charge in [0, 0.05) is 22.2 Å². The number of aliphatic carboxylic acids is 1. The number of benzene rings is 1. The Morgan fingerprint density at radius 1 is 1.24 bits per heavy atom. The smallest absolute Gasteiger partial charge is 0.372 e. The Labute approximate surface area is 129 Å². The fourth-order valence-electron chi connectivity index (χ4n) is 1.19. The zero-order chi connectivity index (χ0) is 15.8. The zero-order valence-corrected chi connectivity index (χ0v) is 12.2. The number of aromatic nitrogens is 1. The maximum Gasteiger partial charge on any atom is 0.372 e. The van der Waals surface area contributed by atoms with Crippen molar-refractivity contribution in [2.45, 2.75) is 6.42 Å². The Balaban J connectivity index is 0.000000304. The Morgan fingerprint density at radius 3 is 2.24 bits per heavy atom. The van der Waals surface area contributed by atoms with Crippen molar-refractivity contribution in [2.75, 3.05) is 5.73 Å². The molecule has 0 spiro atoms. The summed E-state index contributed by atoms with van der Waals surface area (Å²) in [5, 5.41) is 11.2. The Morgan fingerprint density at radius 2 is 1.86 bits per heavy atom. The summed E-state index contributed by atoms with van der Waals surface area (Å²) in [4.78, 5) is 36.0. The van der Waals surface area contributed by atoms with E-state index in [4.69, 9.17) is 22.4 Å². The number of anilines is 1. The number of nitrogens with two attached hydrogens (primary N) is 1. The first-order valence-electron chi connectivity index (χ1n) is 5.60. The second-order valence-corrected chi connectivity index (χ2v) is 5.07. The number of nitrogens with zero attached hydrogens (tertiary/aromatic N) is 1. The molecule has 6 nitrogen and oxygen atoms in total. The number of carbonyl (C=O) groups is 3. The van der Waals surface area contributed by atoms with Crippen LogP contribution in [0.15, 0.2) is 35.8 Å². The molecule has 1 aromatic carbocycles. The van der Waals surface area contributed by atoms with E-state index in [1.165, 1.54) is 35.6 Å². The number of Topliss-reactive ketones (excluding diaryl/α,β-unsaturated/α-hetero) is 2. The monoisotopic (exact) mass is 326 g/mol. The number of thiazole rings is 1. The van der Waals surface area contributed by atoms with E-state index in [0.717, 1.165) is 0 Å². The molecule has 3 N–H and O–H groups in total. The van der Waals surface area contributed by atoms with Gasteiger partial charge in [-0.1, -0.05) is 11.6 Å². The molecule has 8 heteroatoms. The molecule has 0 aliphatic rings. The molecule has 0 aliphatic heterocycles. The van der Waals surface area contributed by atoms with Gasteiger partial charge >= 0.3 is 5.97 Å². The van der Waals surface area contributed by atoms with Gasteiger partial charge in [0.05, 0.1) is 6.42 Å². The number of ketones is 2. The first-order chi connectivity index (χ1) is 9.90. The van der Waals surface area contributed by atoms with Crippen molar-refractivity contribution in [3.63, 3.8) is 0 Å². The third-order valence-electron chi connectivity index (χ3n) is 2.18. The van der Waals surface area contributed by atoms with E-state index in [2.05, 4.69) is 4.98 Å². The SMILES string of the molecule is Nc1nccs1.O=C(O)C(=O)CC(=O)c1ccc(Cl)cc1. The molecular formula is C13H11ClN2O4S. The van der Waals surface area contributed by atoms with Crippen molar-refractivity contribution in [1.29, 1.82) is 0 Å². The molecule has 1 heterocycles. The predicted molar refractivity (Wildman–Crippen MR) is 79.6 cm³/mol. The van der Waals surface area contributed by atoms with E-state index in [0.29, 0.717) is 10.2 Å². The quantitative estimate of drug-likeness (QED) is 0.506. The lowest BCUT2D eigenvalue weighted by Gasteiger charge is -1.98. The second kappa shape index (κ2) is 8.13. The number of hydrogen-bond donors (Lipinski definition) is 2. The minimum absolute atomic E-state index is 0.272. The van der Waals surface area contributed by atoms with Crippen LogP contribution in [0.4, 0.5) is 5.13 Å². The molecule has 0 aliphatic carbocycles. The molecule has 0 atom stereocenters. The van der Waals surface area contributed by atoms with Gasteiger partial charge in [-0.15, -0.1) is 11.3 Å². The highest BCUT2D eigenvalue weighted by molar-refractivity contribution is 7.13. The topological polar surface area (TPSA) is 110 Å². The summed E-state index contributed by atoms with van der Waals surface area (Å²) >= 11 is 7.04. The molecule has 0 fully saturated rings. The first-order valence-corrected chi connectivity index (χ1v) is 6.85. The molecule has 21 heavy (non-hydrogen) atoms. The van der Waals surface area contributed by atoms with Crippen LogP contribution in [0.1, 0.15) is 16.8 Å². The molecule has 0 amide bonds. The van der Waals surface area contributed by atoms with Crippen LogP contribution in [0.3, 0.4) is 0 Å². The standard InChI is InChI=1S/C10H7ClO4.C3H4N2S/c11-7-3-1-6(2-4-7)8(12)5-9(13)10(14)15;4-3-5-1-2-6-3/h1-4H,5H2,(H,14,15);1-2H,(H2,4,5). The van der Waals surface area contributed by atoms with Crippen molar-refractivity contribution < 1.29 is 19.5 Å². The normalized spacial score (nSPS) is 9.38. The number of rotatable bonds is 4. The molecule has 0 radical (unpaired) electrons. The van der Waals surface area contributed by atoms with Gasteiger partial charge in [0.15, 0.2) is 10.9 Å². The summed E-state index contributed by atoms with van der Waals surface area (Å²) in [6, 6.07) is 5.89. The summed E-state index contributed by atoms with van der Waals surface area (Å²) in [6.07, 6.45) is 1.05. The van der Waals surface area contributed by atoms with Crippen molar-refractivity contribution in [3.8, 4) is 0 Å². The summed E-state index contributed by atoms with van der Waals surface area (Å²) in [7, 11) is 0. The highest BCUT2D eigenvalue weighted by Gasteiger charge is 2.17. The van der Waals surface area contributed by atoms with E-state index in [1.54, 1.807) is 6.20 Å². The van der Waals surface area contributed by atoms with Gasteiger partial charge < -0.3 is 10.8 Å². The molecule has 0 bridgehead atoms. The van der Waals surface area contributed by atoms with Crippen LogP contribution < -0.4 is 5.73 Å². The number of carbonyl (C=O) groups excluding carboxylic acids is 2. The fraction of sp³-hybridized carbons (Fsp3) is 0.0769. The molecular weight excluding hydrogens is 316 g/mol. The highest BCUT2D eigenvalue weighted by atomic mass is 35.5. The molecule has 1 aromatic heterocycles. The lowest BCUT2D eigenvalue weighted by molar-refractivity contribution is -0.148. The number of halogens is 1. The van der Waals surface area contributed by atoms with E-state index in [9.17, 15) is 14.4 Å². The summed E-state index contributed by atoms with van der Waals surface area (Å²) in [5.74, 6) is -3.24. The van der Waals surface area contributed by atoms with Gasteiger partial charge in [-0.25, -0.2) is 9.78 Å². The molecule has 0 saturated carbocycles. The van der Waals surface area contributed by atoms with Crippen LogP contribution in [0.25, 0.3) is 0 Å². The van der Waals surface area contributed by atoms with Crippen molar-refractivity contribution in [3.05, 3.63) is 46.4 Å². The minimum Gasteiger partial charge on any atom is -0.475 e. The number of carboxylic acids is 1. The molecule has 110 valence electrons. The minimum atomic E-state index is -1.60. The third-order valence-corrected chi connectivity index (χ3v) is 3.03.